The number of fused-ring (bicyclic) bond motifs is 1. The van der Waals surface area contributed by atoms with Crippen LogP contribution in [0.1, 0.15) is 13.8 Å². The van der Waals surface area contributed by atoms with Crippen molar-refractivity contribution >= 4 is 26.8 Å². The molecule has 0 spiro atoms. The number of carbonyl (C=O) groups is 1. The summed E-state index contributed by atoms with van der Waals surface area (Å²) >= 11 is 0. The normalized spacial score (nSPS) is 13.5. The molecule has 6 heteroatoms. The number of aliphatic carboxylic acids is 1. The van der Waals surface area contributed by atoms with E-state index in [-0.39, 0.29) is 4.90 Å². The molecule has 112 valence electrons. The van der Waals surface area contributed by atoms with Crippen molar-refractivity contribution in [3.63, 3.8) is 0 Å². The van der Waals surface area contributed by atoms with E-state index < -0.39 is 28.0 Å². The fourth-order valence-electron chi connectivity index (χ4n) is 2.03. The Labute approximate surface area is 123 Å². The van der Waals surface area contributed by atoms with Crippen LogP contribution in [0.3, 0.4) is 0 Å². The van der Waals surface area contributed by atoms with Gasteiger partial charge in [0, 0.05) is 0 Å². The first kappa shape index (κ1) is 15.5. The highest BCUT2D eigenvalue weighted by molar-refractivity contribution is 7.89. The van der Waals surface area contributed by atoms with Crippen LogP contribution in [0, 0.1) is 5.92 Å². The predicted molar refractivity (Wildman–Crippen MR) is 77.9 cm³/mol. The Morgan fingerprint density at radius 1 is 1.10 bits per heavy atom. The van der Waals surface area contributed by atoms with Gasteiger partial charge in [0.1, 0.15) is 0 Å². The molecule has 1 atom stereocenters. The van der Waals surface area contributed by atoms with E-state index in [9.17, 15) is 18.3 Å². The summed E-state index contributed by atoms with van der Waals surface area (Å²) in [6, 6.07) is 10.7. The van der Waals surface area contributed by atoms with Crippen LogP contribution in [0.2, 0.25) is 0 Å². The van der Waals surface area contributed by atoms with Crippen molar-refractivity contribution in [1.82, 2.24) is 4.72 Å². The molecule has 1 N–H and O–H groups in total. The topological polar surface area (TPSA) is 86.3 Å². The zero-order chi connectivity index (χ0) is 15.6. The lowest BCUT2D eigenvalue weighted by molar-refractivity contribution is -0.309. The number of hydrogen-bond donors (Lipinski definition) is 1. The maximum atomic E-state index is 12.3. The molecule has 0 saturated heterocycles. The average molecular weight is 306 g/mol. The molecule has 0 bridgehead atoms. The van der Waals surface area contributed by atoms with Crippen molar-refractivity contribution < 1.29 is 18.3 Å². The molecule has 0 aromatic heterocycles. The summed E-state index contributed by atoms with van der Waals surface area (Å²) in [7, 11) is -3.91. The zero-order valence-corrected chi connectivity index (χ0v) is 12.6. The number of hydrogen-bond acceptors (Lipinski definition) is 4. The van der Waals surface area contributed by atoms with E-state index in [4.69, 9.17) is 0 Å². The van der Waals surface area contributed by atoms with Crippen LogP contribution in [-0.2, 0) is 14.8 Å². The minimum absolute atomic E-state index is 0.0353. The lowest BCUT2D eigenvalue weighted by Crippen LogP contribution is -2.50. The molecule has 0 saturated carbocycles. The molecular formula is C15H16NO4S-. The Hall–Kier alpha value is -1.92. The highest BCUT2D eigenvalue weighted by atomic mass is 32.2. The SMILES string of the molecule is CC(C)[C@H](NS(=O)(=O)c1ccc2ccccc2c1)C(=O)[O-]. The fraction of sp³-hybridized carbons (Fsp3) is 0.267. The van der Waals surface area contributed by atoms with Gasteiger partial charge in [-0.3, -0.25) is 0 Å². The van der Waals surface area contributed by atoms with E-state index >= 15 is 0 Å². The molecular weight excluding hydrogens is 290 g/mol. The number of carboxylic acid groups (broad SMARTS) is 1. The van der Waals surface area contributed by atoms with E-state index in [1.165, 1.54) is 12.1 Å². The number of benzene rings is 2. The summed E-state index contributed by atoms with van der Waals surface area (Å²) in [5.74, 6) is -1.85. The van der Waals surface area contributed by atoms with Gasteiger partial charge in [0.2, 0.25) is 10.0 Å². The second-order valence-electron chi connectivity index (χ2n) is 5.17. The van der Waals surface area contributed by atoms with Crippen LogP contribution in [0.15, 0.2) is 47.4 Å². The highest BCUT2D eigenvalue weighted by Crippen LogP contribution is 2.19. The Morgan fingerprint density at radius 2 is 1.71 bits per heavy atom. The first-order valence-electron chi connectivity index (χ1n) is 6.53. The van der Waals surface area contributed by atoms with Gasteiger partial charge in [0.25, 0.3) is 0 Å². The van der Waals surface area contributed by atoms with Gasteiger partial charge < -0.3 is 9.90 Å². The largest absolute Gasteiger partial charge is 0.548 e. The molecule has 0 heterocycles. The Bertz CT molecular complexity index is 768. The van der Waals surface area contributed by atoms with E-state index in [1.807, 2.05) is 18.2 Å². The third-order valence-electron chi connectivity index (χ3n) is 3.23. The summed E-state index contributed by atoms with van der Waals surface area (Å²) < 4.78 is 26.8. The van der Waals surface area contributed by atoms with Crippen LogP contribution in [0.4, 0.5) is 0 Å². The fourth-order valence-corrected chi connectivity index (χ4v) is 3.39. The Balaban J connectivity index is 2.39. The lowest BCUT2D eigenvalue weighted by Gasteiger charge is -2.23. The van der Waals surface area contributed by atoms with Gasteiger partial charge in [-0.05, 0) is 28.8 Å². The summed E-state index contributed by atoms with van der Waals surface area (Å²) in [4.78, 5) is 11.1. The quantitative estimate of drug-likeness (QED) is 0.889. The standard InChI is InChI=1S/C15H17NO4S/c1-10(2)14(15(17)18)16-21(19,20)13-8-7-11-5-3-4-6-12(11)9-13/h3-10,14,16H,1-2H3,(H,17,18)/p-1/t14-/m0/s1. The second kappa shape index (κ2) is 5.83. The van der Waals surface area contributed by atoms with Crippen molar-refractivity contribution in [2.75, 3.05) is 0 Å². The Kier molecular flexibility index (Phi) is 4.29. The highest BCUT2D eigenvalue weighted by Gasteiger charge is 2.23. The first-order chi connectivity index (χ1) is 9.81. The third-order valence-corrected chi connectivity index (χ3v) is 4.67. The molecule has 2 rings (SSSR count). The van der Waals surface area contributed by atoms with E-state index in [2.05, 4.69) is 4.72 Å². The summed E-state index contributed by atoms with van der Waals surface area (Å²) in [6.07, 6.45) is 0. The van der Waals surface area contributed by atoms with Crippen molar-refractivity contribution in [1.29, 1.82) is 0 Å². The van der Waals surface area contributed by atoms with Gasteiger partial charge in [-0.2, -0.15) is 0 Å². The summed E-state index contributed by atoms with van der Waals surface area (Å²) in [5, 5.41) is 12.7. The molecule has 0 aliphatic heterocycles. The number of carbonyl (C=O) groups excluding carboxylic acids is 1. The number of sulfonamides is 1. The predicted octanol–water partition coefficient (Wildman–Crippen LogP) is 0.893. The number of rotatable bonds is 5. The second-order valence-corrected chi connectivity index (χ2v) is 6.88. The first-order valence-corrected chi connectivity index (χ1v) is 8.01. The Morgan fingerprint density at radius 3 is 2.29 bits per heavy atom. The van der Waals surface area contributed by atoms with Gasteiger partial charge >= 0.3 is 0 Å². The summed E-state index contributed by atoms with van der Waals surface area (Å²) in [6.45, 7) is 3.23. The minimum Gasteiger partial charge on any atom is -0.548 e. The van der Waals surface area contributed by atoms with Crippen molar-refractivity contribution in [3.8, 4) is 0 Å². The van der Waals surface area contributed by atoms with Crippen LogP contribution in [0.25, 0.3) is 10.8 Å². The van der Waals surface area contributed by atoms with Gasteiger partial charge in [0.05, 0.1) is 16.9 Å². The van der Waals surface area contributed by atoms with Gasteiger partial charge in [-0.1, -0.05) is 44.2 Å². The number of carboxylic acids is 1. The van der Waals surface area contributed by atoms with Crippen molar-refractivity contribution in [3.05, 3.63) is 42.5 Å². The average Bonchev–Trinajstić information content (AvgIpc) is 2.43. The van der Waals surface area contributed by atoms with Crippen LogP contribution in [0.5, 0.6) is 0 Å². The molecule has 0 aliphatic carbocycles. The van der Waals surface area contributed by atoms with Crippen LogP contribution >= 0.6 is 0 Å². The van der Waals surface area contributed by atoms with E-state index in [0.717, 1.165) is 10.8 Å². The molecule has 5 nitrogen and oxygen atoms in total. The van der Waals surface area contributed by atoms with E-state index in [0.29, 0.717) is 0 Å². The molecule has 0 unspecified atom stereocenters. The molecule has 21 heavy (non-hydrogen) atoms. The van der Waals surface area contributed by atoms with Crippen LogP contribution < -0.4 is 9.83 Å². The molecule has 0 fully saturated rings. The van der Waals surface area contributed by atoms with Crippen LogP contribution in [-0.4, -0.2) is 20.4 Å². The monoisotopic (exact) mass is 306 g/mol. The maximum Gasteiger partial charge on any atom is 0.241 e. The smallest absolute Gasteiger partial charge is 0.241 e. The van der Waals surface area contributed by atoms with E-state index in [1.54, 1.807) is 26.0 Å². The lowest BCUT2D eigenvalue weighted by atomic mass is 10.1. The third kappa shape index (κ3) is 3.40. The summed E-state index contributed by atoms with van der Waals surface area (Å²) in [5.41, 5.74) is 0. The molecule has 0 radical (unpaired) electrons. The van der Waals surface area contributed by atoms with Gasteiger partial charge in [0.15, 0.2) is 0 Å². The maximum absolute atomic E-state index is 12.3. The van der Waals surface area contributed by atoms with Crippen molar-refractivity contribution in [2.45, 2.75) is 24.8 Å². The molecule has 0 aliphatic rings. The minimum atomic E-state index is -3.91. The van der Waals surface area contributed by atoms with Crippen molar-refractivity contribution in [2.24, 2.45) is 5.92 Å². The molecule has 2 aromatic carbocycles. The van der Waals surface area contributed by atoms with Gasteiger partial charge in [-0.15, -0.1) is 0 Å². The molecule has 0 amide bonds. The van der Waals surface area contributed by atoms with Gasteiger partial charge in [-0.25, -0.2) is 13.1 Å². The zero-order valence-electron chi connectivity index (χ0n) is 11.7. The number of nitrogens with one attached hydrogen (secondary N) is 1. The molecule has 2 aromatic rings.